The van der Waals surface area contributed by atoms with Crippen molar-refractivity contribution in [3.05, 3.63) is 17.6 Å². The van der Waals surface area contributed by atoms with Gasteiger partial charge in [0.1, 0.15) is 5.82 Å². The number of aliphatic hydroxyl groups is 1. The van der Waals surface area contributed by atoms with Gasteiger partial charge in [-0.25, -0.2) is 4.98 Å². The van der Waals surface area contributed by atoms with Crippen molar-refractivity contribution < 1.29 is 18.3 Å². The predicted octanol–water partition coefficient (Wildman–Crippen LogP) is 1.57. The molecule has 0 amide bonds. The number of halogens is 3. The third-order valence-corrected chi connectivity index (χ3v) is 4.39. The molecule has 0 radical (unpaired) electrons. The average molecular weight is 358 g/mol. The molecule has 1 aliphatic heterocycles. The Balaban J connectivity index is 1.70. The average Bonchev–Trinajstić information content (AvgIpc) is 2.98. The third-order valence-electron chi connectivity index (χ3n) is 4.39. The van der Waals surface area contributed by atoms with Gasteiger partial charge in [0.25, 0.3) is 11.6 Å². The summed E-state index contributed by atoms with van der Waals surface area (Å²) in [6, 6.07) is 1.67. The van der Waals surface area contributed by atoms with Gasteiger partial charge in [-0.05, 0) is 38.8 Å². The van der Waals surface area contributed by atoms with Crippen molar-refractivity contribution in [2.75, 3.05) is 38.1 Å². The molecule has 0 aromatic carbocycles. The van der Waals surface area contributed by atoms with Crippen molar-refractivity contribution in [2.24, 2.45) is 5.92 Å². The van der Waals surface area contributed by atoms with E-state index >= 15 is 0 Å². The molecule has 3 rings (SSSR count). The van der Waals surface area contributed by atoms with Crippen LogP contribution < -0.4 is 5.32 Å². The minimum Gasteiger partial charge on any atom is -0.395 e. The van der Waals surface area contributed by atoms with Crippen LogP contribution in [0.25, 0.3) is 5.78 Å². The van der Waals surface area contributed by atoms with E-state index in [1.54, 1.807) is 13.0 Å². The number of hydrogen-bond acceptors (Lipinski definition) is 6. The molecule has 1 fully saturated rings. The zero-order valence-corrected chi connectivity index (χ0v) is 13.9. The number of nitrogens with zero attached hydrogens (tertiary/aromatic N) is 5. The molecular formula is C15H21F3N6O. The molecule has 138 valence electrons. The van der Waals surface area contributed by atoms with Gasteiger partial charge < -0.3 is 15.3 Å². The van der Waals surface area contributed by atoms with Crippen molar-refractivity contribution in [3.8, 4) is 0 Å². The van der Waals surface area contributed by atoms with E-state index in [2.05, 4.69) is 25.3 Å². The van der Waals surface area contributed by atoms with Crippen molar-refractivity contribution >= 4 is 11.6 Å². The molecule has 10 heteroatoms. The first-order valence-electron chi connectivity index (χ1n) is 8.25. The Morgan fingerprint density at radius 2 is 2.00 bits per heavy atom. The van der Waals surface area contributed by atoms with Crippen molar-refractivity contribution in [3.63, 3.8) is 0 Å². The summed E-state index contributed by atoms with van der Waals surface area (Å²) >= 11 is 0. The topological polar surface area (TPSA) is 78.6 Å². The number of anilines is 1. The van der Waals surface area contributed by atoms with Gasteiger partial charge in [0.2, 0.25) is 0 Å². The second kappa shape index (κ2) is 7.12. The maximum absolute atomic E-state index is 12.8. The minimum absolute atomic E-state index is 0.0624. The van der Waals surface area contributed by atoms with E-state index in [4.69, 9.17) is 5.11 Å². The highest BCUT2D eigenvalue weighted by molar-refractivity contribution is 5.45. The lowest BCUT2D eigenvalue weighted by atomic mass is 9.97. The number of aliphatic hydroxyl groups excluding tert-OH is 1. The monoisotopic (exact) mass is 358 g/mol. The first kappa shape index (κ1) is 17.9. The fourth-order valence-corrected chi connectivity index (χ4v) is 3.04. The summed E-state index contributed by atoms with van der Waals surface area (Å²) in [4.78, 5) is 9.70. The molecule has 1 aliphatic rings. The lowest BCUT2D eigenvalue weighted by Crippen LogP contribution is -2.37. The van der Waals surface area contributed by atoms with Gasteiger partial charge in [-0.3, -0.25) is 0 Å². The highest BCUT2D eigenvalue weighted by Gasteiger charge is 2.36. The third kappa shape index (κ3) is 4.18. The lowest BCUT2D eigenvalue weighted by Gasteiger charge is -2.31. The number of likely N-dealkylation sites (tertiary alicyclic amines) is 1. The molecule has 2 aromatic heterocycles. The SMILES string of the molecule is Cc1cc(NCC2CCN(CCO)CC2)n2nc(C(F)(F)F)nc2n1. The van der Waals surface area contributed by atoms with Crippen molar-refractivity contribution in [2.45, 2.75) is 25.9 Å². The standard InChI is InChI=1S/C15H21F3N6O/c1-10-8-12(19-9-11-2-4-23(5-3-11)6-7-25)24-14(20-10)21-13(22-24)15(16,17)18/h8,11,19,25H,2-7,9H2,1H3. The zero-order chi connectivity index (χ0) is 18.0. The summed E-state index contributed by atoms with van der Waals surface area (Å²) < 4.78 is 39.6. The van der Waals surface area contributed by atoms with Crippen LogP contribution in [0.3, 0.4) is 0 Å². The minimum atomic E-state index is -4.60. The molecule has 0 bridgehead atoms. The molecule has 2 N–H and O–H groups in total. The Labute approximate surface area is 142 Å². The van der Waals surface area contributed by atoms with E-state index in [0.29, 0.717) is 30.5 Å². The van der Waals surface area contributed by atoms with Gasteiger partial charge >= 0.3 is 6.18 Å². The molecule has 7 nitrogen and oxygen atoms in total. The Morgan fingerprint density at radius 1 is 1.28 bits per heavy atom. The molecule has 0 atom stereocenters. The van der Waals surface area contributed by atoms with Crippen molar-refractivity contribution in [1.82, 2.24) is 24.5 Å². The number of β-amino-alcohol motifs (C(OH)–C–C–N with tert-alkyl or cyclic N) is 1. The van der Waals surface area contributed by atoms with E-state index in [0.717, 1.165) is 30.4 Å². The highest BCUT2D eigenvalue weighted by atomic mass is 19.4. The zero-order valence-electron chi connectivity index (χ0n) is 13.9. The fourth-order valence-electron chi connectivity index (χ4n) is 3.04. The van der Waals surface area contributed by atoms with Crippen LogP contribution in [0.1, 0.15) is 24.4 Å². The molecule has 25 heavy (non-hydrogen) atoms. The molecule has 0 saturated carbocycles. The largest absolute Gasteiger partial charge is 0.453 e. The molecule has 0 aliphatic carbocycles. The maximum Gasteiger partial charge on any atom is 0.453 e. The molecule has 2 aromatic rings. The van der Waals surface area contributed by atoms with Gasteiger partial charge in [-0.1, -0.05) is 0 Å². The number of aryl methyl sites for hydroxylation is 1. The van der Waals surface area contributed by atoms with Crippen LogP contribution in [0.2, 0.25) is 0 Å². The van der Waals surface area contributed by atoms with Crippen LogP contribution in [-0.4, -0.2) is 62.4 Å². The van der Waals surface area contributed by atoms with E-state index in [-0.39, 0.29) is 12.4 Å². The van der Waals surface area contributed by atoms with E-state index < -0.39 is 12.0 Å². The quantitative estimate of drug-likeness (QED) is 0.845. The summed E-state index contributed by atoms with van der Waals surface area (Å²) in [6.45, 7) is 5.03. The molecule has 0 unspecified atom stereocenters. The van der Waals surface area contributed by atoms with E-state index in [1.165, 1.54) is 0 Å². The highest BCUT2D eigenvalue weighted by Crippen LogP contribution is 2.27. The summed E-state index contributed by atoms with van der Waals surface area (Å²) in [5.74, 6) is -0.370. The van der Waals surface area contributed by atoms with Crippen LogP contribution in [0.15, 0.2) is 6.07 Å². The van der Waals surface area contributed by atoms with E-state index in [1.807, 2.05) is 0 Å². The number of rotatable bonds is 5. The molecule has 3 heterocycles. The predicted molar refractivity (Wildman–Crippen MR) is 85.3 cm³/mol. The number of aromatic nitrogens is 4. The second-order valence-corrected chi connectivity index (χ2v) is 6.32. The maximum atomic E-state index is 12.8. The number of nitrogens with one attached hydrogen (secondary N) is 1. The van der Waals surface area contributed by atoms with Crippen LogP contribution in [0.5, 0.6) is 0 Å². The van der Waals surface area contributed by atoms with E-state index in [9.17, 15) is 13.2 Å². The first-order valence-corrected chi connectivity index (χ1v) is 8.25. The van der Waals surface area contributed by atoms with Crippen molar-refractivity contribution in [1.29, 1.82) is 0 Å². The molecule has 1 saturated heterocycles. The Kier molecular flexibility index (Phi) is 5.09. The van der Waals surface area contributed by atoms with Gasteiger partial charge in [0.05, 0.1) is 6.61 Å². The van der Waals surface area contributed by atoms with Crippen LogP contribution in [-0.2, 0) is 6.18 Å². The number of alkyl halides is 3. The van der Waals surface area contributed by atoms with Crippen LogP contribution >= 0.6 is 0 Å². The summed E-state index contributed by atoms with van der Waals surface area (Å²) in [5, 5.41) is 15.7. The first-order chi connectivity index (χ1) is 11.9. The van der Waals surface area contributed by atoms with Crippen LogP contribution in [0, 0.1) is 12.8 Å². The normalized spacial score (nSPS) is 17.3. The van der Waals surface area contributed by atoms with Gasteiger partial charge in [-0.2, -0.15) is 22.7 Å². The summed E-state index contributed by atoms with van der Waals surface area (Å²) in [5.41, 5.74) is 0.578. The number of hydrogen-bond donors (Lipinski definition) is 2. The number of piperidine rings is 1. The fraction of sp³-hybridized carbons (Fsp3) is 0.667. The van der Waals surface area contributed by atoms with Crippen LogP contribution in [0.4, 0.5) is 19.0 Å². The Hall–Kier alpha value is -1.94. The van der Waals surface area contributed by atoms with Gasteiger partial charge in [0, 0.05) is 24.8 Å². The summed E-state index contributed by atoms with van der Waals surface area (Å²) in [7, 11) is 0. The lowest BCUT2D eigenvalue weighted by molar-refractivity contribution is -0.144. The number of fused-ring (bicyclic) bond motifs is 1. The van der Waals surface area contributed by atoms with Gasteiger partial charge in [-0.15, -0.1) is 5.10 Å². The molecular weight excluding hydrogens is 337 g/mol. The summed E-state index contributed by atoms with van der Waals surface area (Å²) in [6.07, 6.45) is -2.64. The smallest absolute Gasteiger partial charge is 0.395 e. The van der Waals surface area contributed by atoms with Gasteiger partial charge in [0.15, 0.2) is 0 Å². The Morgan fingerprint density at radius 3 is 2.64 bits per heavy atom. The Bertz CT molecular complexity index is 724. The molecule has 0 spiro atoms. The second-order valence-electron chi connectivity index (χ2n) is 6.32.